The number of carboxylic acids is 1. The highest BCUT2D eigenvalue weighted by Gasteiger charge is 2.77. The van der Waals surface area contributed by atoms with Gasteiger partial charge in [0.15, 0.2) is 5.41 Å². The summed E-state index contributed by atoms with van der Waals surface area (Å²) in [6.07, 6.45) is -0.841. The van der Waals surface area contributed by atoms with Crippen LogP contribution in [0.4, 0.5) is 17.6 Å². The maximum Gasteiger partial charge on any atom is 0.387 e. The van der Waals surface area contributed by atoms with Gasteiger partial charge in [0.1, 0.15) is 5.75 Å². The number of benzene rings is 1. The van der Waals surface area contributed by atoms with E-state index in [-0.39, 0.29) is 11.3 Å². The number of carboxylic acid groups (broad SMARTS) is 1. The second-order valence-corrected chi connectivity index (χ2v) is 4.45. The van der Waals surface area contributed by atoms with Gasteiger partial charge in [0.2, 0.25) is 0 Å². The molecule has 7 heteroatoms. The molecule has 0 heterocycles. The summed E-state index contributed by atoms with van der Waals surface area (Å²) in [5, 5.41) is 8.97. The van der Waals surface area contributed by atoms with Crippen molar-refractivity contribution >= 4 is 5.97 Å². The minimum absolute atomic E-state index is 0.230. The minimum Gasteiger partial charge on any atom is -0.480 e. The molecule has 19 heavy (non-hydrogen) atoms. The van der Waals surface area contributed by atoms with E-state index in [1.54, 1.807) is 0 Å². The van der Waals surface area contributed by atoms with Crippen molar-refractivity contribution in [3.63, 3.8) is 0 Å². The van der Waals surface area contributed by atoms with Gasteiger partial charge in [-0.25, -0.2) is 8.78 Å². The maximum absolute atomic E-state index is 13.3. The summed E-state index contributed by atoms with van der Waals surface area (Å²) < 4.78 is 55.1. The van der Waals surface area contributed by atoms with Gasteiger partial charge < -0.3 is 9.84 Å². The third-order valence-corrected chi connectivity index (χ3v) is 3.25. The predicted octanol–water partition coefficient (Wildman–Crippen LogP) is 2.96. The zero-order chi connectivity index (χ0) is 14.4. The van der Waals surface area contributed by atoms with Crippen LogP contribution in [0.2, 0.25) is 0 Å². The van der Waals surface area contributed by atoms with Crippen molar-refractivity contribution < 1.29 is 32.2 Å². The van der Waals surface area contributed by atoms with Gasteiger partial charge in [-0.2, -0.15) is 8.78 Å². The largest absolute Gasteiger partial charge is 0.480 e. The van der Waals surface area contributed by atoms with Gasteiger partial charge in [-0.3, -0.25) is 4.79 Å². The Hall–Kier alpha value is -1.79. The average molecular weight is 278 g/mol. The van der Waals surface area contributed by atoms with Crippen LogP contribution in [0.1, 0.15) is 17.5 Å². The molecule has 1 saturated carbocycles. The molecule has 0 aliphatic heterocycles. The lowest BCUT2D eigenvalue weighted by molar-refractivity contribution is -0.142. The van der Waals surface area contributed by atoms with Crippen LogP contribution in [-0.2, 0) is 10.2 Å². The number of ether oxygens (including phenoxy) is 1. The number of halogens is 4. The van der Waals surface area contributed by atoms with Crippen molar-refractivity contribution in [2.75, 3.05) is 0 Å². The Morgan fingerprint density at radius 3 is 2.42 bits per heavy atom. The normalized spacial score (nSPS) is 24.3. The zero-order valence-electron chi connectivity index (χ0n) is 9.79. The number of aliphatic carboxylic acids is 1. The van der Waals surface area contributed by atoms with Crippen LogP contribution in [0.25, 0.3) is 0 Å². The van der Waals surface area contributed by atoms with Crippen LogP contribution < -0.4 is 4.74 Å². The lowest BCUT2D eigenvalue weighted by Gasteiger charge is -2.15. The fourth-order valence-electron chi connectivity index (χ4n) is 2.05. The molecule has 1 atom stereocenters. The second kappa shape index (κ2) is 4.11. The molecular weight excluding hydrogens is 268 g/mol. The molecule has 1 N–H and O–H groups in total. The van der Waals surface area contributed by atoms with Crippen molar-refractivity contribution in [3.05, 3.63) is 29.3 Å². The van der Waals surface area contributed by atoms with E-state index < -0.39 is 30.3 Å². The quantitative estimate of drug-likeness (QED) is 0.861. The summed E-state index contributed by atoms with van der Waals surface area (Å²) in [5.74, 6) is -5.35. The molecule has 0 bridgehead atoms. The number of aryl methyl sites for hydroxylation is 1. The summed E-state index contributed by atoms with van der Waals surface area (Å²) in [6.45, 7) is -1.64. The van der Waals surface area contributed by atoms with Gasteiger partial charge in [0.05, 0.1) is 0 Å². The Balaban J connectivity index is 2.44. The van der Waals surface area contributed by atoms with Crippen LogP contribution in [0.3, 0.4) is 0 Å². The van der Waals surface area contributed by atoms with Crippen molar-refractivity contribution in [2.24, 2.45) is 0 Å². The number of hydrogen-bond donors (Lipinski definition) is 1. The Bertz CT molecular complexity index is 530. The van der Waals surface area contributed by atoms with Gasteiger partial charge in [-0.05, 0) is 24.1 Å². The van der Waals surface area contributed by atoms with E-state index in [9.17, 15) is 22.4 Å². The first-order valence-electron chi connectivity index (χ1n) is 5.38. The molecule has 3 nitrogen and oxygen atoms in total. The van der Waals surface area contributed by atoms with E-state index in [0.29, 0.717) is 5.56 Å². The zero-order valence-corrected chi connectivity index (χ0v) is 9.79. The van der Waals surface area contributed by atoms with E-state index in [1.807, 2.05) is 0 Å². The summed E-state index contributed by atoms with van der Waals surface area (Å²) >= 11 is 0. The van der Waals surface area contributed by atoms with Crippen molar-refractivity contribution in [3.8, 4) is 5.75 Å². The van der Waals surface area contributed by atoms with Crippen LogP contribution >= 0.6 is 0 Å². The number of hydrogen-bond acceptors (Lipinski definition) is 2. The molecule has 1 unspecified atom stereocenters. The Morgan fingerprint density at radius 2 is 2.00 bits per heavy atom. The SMILES string of the molecule is Cc1ccc(C2(C(=O)O)CC2(F)F)cc1OC(F)F. The Kier molecular flexibility index (Phi) is 2.95. The van der Waals surface area contributed by atoms with Crippen molar-refractivity contribution in [1.29, 1.82) is 0 Å². The van der Waals surface area contributed by atoms with Crippen molar-refractivity contribution in [2.45, 2.75) is 31.3 Å². The van der Waals surface area contributed by atoms with Crippen molar-refractivity contribution in [1.82, 2.24) is 0 Å². The number of carbonyl (C=O) groups is 1. The Labute approximate surface area is 105 Å². The fraction of sp³-hybridized carbons (Fsp3) is 0.417. The molecule has 0 spiro atoms. The first-order valence-corrected chi connectivity index (χ1v) is 5.38. The molecule has 1 aliphatic carbocycles. The van der Waals surface area contributed by atoms with Crippen LogP contribution in [0.5, 0.6) is 5.75 Å². The first kappa shape index (κ1) is 13.6. The molecular formula is C12H10F4O3. The van der Waals surface area contributed by atoms with Crippen LogP contribution in [0.15, 0.2) is 18.2 Å². The first-order chi connectivity index (χ1) is 8.70. The molecule has 1 aromatic rings. The highest BCUT2D eigenvalue weighted by atomic mass is 19.3. The summed E-state index contributed by atoms with van der Waals surface area (Å²) in [7, 11) is 0. The van der Waals surface area contributed by atoms with E-state index in [4.69, 9.17) is 5.11 Å². The third-order valence-electron chi connectivity index (χ3n) is 3.25. The molecule has 1 fully saturated rings. The van der Waals surface area contributed by atoms with Gasteiger partial charge in [-0.1, -0.05) is 12.1 Å². The van der Waals surface area contributed by atoms with Crippen LogP contribution in [-0.4, -0.2) is 23.6 Å². The standard InChI is InChI=1S/C12H10F4O3/c1-6-2-3-7(4-8(6)19-10(13)14)11(9(17)18)5-12(11,15)16/h2-4,10H,5H2,1H3,(H,17,18). The lowest BCUT2D eigenvalue weighted by Crippen LogP contribution is -2.27. The molecule has 1 aromatic carbocycles. The number of alkyl halides is 4. The van der Waals surface area contributed by atoms with Gasteiger partial charge in [0.25, 0.3) is 5.92 Å². The van der Waals surface area contributed by atoms with Gasteiger partial charge >= 0.3 is 12.6 Å². The Morgan fingerprint density at radius 1 is 1.42 bits per heavy atom. The summed E-state index contributed by atoms with van der Waals surface area (Å²) in [4.78, 5) is 11.0. The topological polar surface area (TPSA) is 46.5 Å². The van der Waals surface area contributed by atoms with Gasteiger partial charge in [-0.15, -0.1) is 0 Å². The van der Waals surface area contributed by atoms with E-state index in [2.05, 4.69) is 4.74 Å². The maximum atomic E-state index is 13.3. The number of rotatable bonds is 4. The van der Waals surface area contributed by atoms with E-state index in [1.165, 1.54) is 19.1 Å². The molecule has 0 amide bonds. The smallest absolute Gasteiger partial charge is 0.387 e. The molecule has 2 rings (SSSR count). The highest BCUT2D eigenvalue weighted by Crippen LogP contribution is 2.62. The predicted molar refractivity (Wildman–Crippen MR) is 56.7 cm³/mol. The molecule has 0 radical (unpaired) electrons. The minimum atomic E-state index is -3.38. The van der Waals surface area contributed by atoms with Gasteiger partial charge in [0, 0.05) is 6.42 Å². The molecule has 0 saturated heterocycles. The van der Waals surface area contributed by atoms with E-state index >= 15 is 0 Å². The molecule has 1 aliphatic rings. The lowest BCUT2D eigenvalue weighted by atomic mass is 9.94. The average Bonchev–Trinajstić information content (AvgIpc) is 2.86. The monoisotopic (exact) mass is 278 g/mol. The summed E-state index contributed by atoms with van der Waals surface area (Å²) in [5.41, 5.74) is -2.25. The highest BCUT2D eigenvalue weighted by molar-refractivity contribution is 5.88. The summed E-state index contributed by atoms with van der Waals surface area (Å²) in [6, 6.07) is 3.42. The third kappa shape index (κ3) is 2.02. The van der Waals surface area contributed by atoms with Crippen LogP contribution in [0, 0.1) is 6.92 Å². The molecule has 104 valence electrons. The second-order valence-electron chi connectivity index (χ2n) is 4.45. The fourth-order valence-corrected chi connectivity index (χ4v) is 2.05. The van der Waals surface area contributed by atoms with E-state index in [0.717, 1.165) is 6.07 Å². The molecule has 0 aromatic heterocycles.